The van der Waals surface area contributed by atoms with Gasteiger partial charge in [0.2, 0.25) is 0 Å². The van der Waals surface area contributed by atoms with E-state index in [0.29, 0.717) is 5.92 Å². The number of nitrogens with zero attached hydrogens (tertiary/aromatic N) is 2. The van der Waals surface area contributed by atoms with Gasteiger partial charge in [0.05, 0.1) is 9.26 Å². The van der Waals surface area contributed by atoms with Crippen molar-refractivity contribution in [1.29, 1.82) is 0 Å². The van der Waals surface area contributed by atoms with Gasteiger partial charge >= 0.3 is 0 Å². The molecule has 0 aliphatic heterocycles. The smallest absolute Gasteiger partial charge is 0.143 e. The number of rotatable bonds is 5. The maximum Gasteiger partial charge on any atom is 0.143 e. The minimum Gasteiger partial charge on any atom is -0.369 e. The summed E-state index contributed by atoms with van der Waals surface area (Å²) in [5.74, 6) is 2.71. The van der Waals surface area contributed by atoms with Crippen molar-refractivity contribution >= 4 is 28.4 Å². The summed E-state index contributed by atoms with van der Waals surface area (Å²) in [6.45, 7) is 5.37. The first kappa shape index (κ1) is 17.0. The van der Waals surface area contributed by atoms with Crippen molar-refractivity contribution in [1.82, 2.24) is 9.97 Å². The van der Waals surface area contributed by atoms with Gasteiger partial charge < -0.3 is 5.32 Å². The second-order valence-electron chi connectivity index (χ2n) is 6.01. The summed E-state index contributed by atoms with van der Waals surface area (Å²) in [5, 5.41) is 3.49. The zero-order chi connectivity index (χ0) is 15.1. The van der Waals surface area contributed by atoms with E-state index in [4.69, 9.17) is 9.97 Å². The molecule has 1 aliphatic rings. The quantitative estimate of drug-likeness (QED) is 0.681. The molecule has 0 unspecified atom stereocenters. The van der Waals surface area contributed by atoms with E-state index in [1.165, 1.54) is 54.2 Å². The number of halogens is 1. The number of anilines is 1. The number of nitrogens with one attached hydrogen (secondary N) is 1. The van der Waals surface area contributed by atoms with Crippen LogP contribution in [0.2, 0.25) is 0 Å². The molecule has 3 nitrogen and oxygen atoms in total. The fourth-order valence-electron chi connectivity index (χ4n) is 3.00. The molecule has 0 bridgehead atoms. The molecule has 0 radical (unpaired) electrons. The van der Waals surface area contributed by atoms with Crippen LogP contribution in [-0.4, -0.2) is 16.5 Å². The van der Waals surface area contributed by atoms with Crippen molar-refractivity contribution in [2.75, 3.05) is 11.9 Å². The van der Waals surface area contributed by atoms with Crippen LogP contribution in [0, 0.1) is 3.57 Å². The van der Waals surface area contributed by atoms with Gasteiger partial charge in [-0.25, -0.2) is 9.97 Å². The lowest BCUT2D eigenvalue weighted by Gasteiger charge is -2.20. The summed E-state index contributed by atoms with van der Waals surface area (Å²) in [6.07, 6.45) is 11.5. The van der Waals surface area contributed by atoms with Crippen LogP contribution in [-0.2, 0) is 6.42 Å². The second-order valence-corrected chi connectivity index (χ2v) is 7.09. The first-order chi connectivity index (χ1) is 10.3. The van der Waals surface area contributed by atoms with Crippen LogP contribution in [0.5, 0.6) is 0 Å². The van der Waals surface area contributed by atoms with Crippen molar-refractivity contribution in [2.45, 2.75) is 77.6 Å². The molecule has 1 N–H and O–H groups in total. The Hall–Kier alpha value is -0.390. The van der Waals surface area contributed by atoms with Gasteiger partial charge in [-0.3, -0.25) is 0 Å². The molecule has 1 fully saturated rings. The van der Waals surface area contributed by atoms with Gasteiger partial charge in [-0.05, 0) is 48.3 Å². The van der Waals surface area contributed by atoms with E-state index in [0.717, 1.165) is 31.0 Å². The summed E-state index contributed by atoms with van der Waals surface area (Å²) >= 11 is 2.39. The normalized spacial score (nSPS) is 17.3. The topological polar surface area (TPSA) is 37.8 Å². The van der Waals surface area contributed by atoms with Crippen LogP contribution < -0.4 is 5.32 Å². The highest BCUT2D eigenvalue weighted by Crippen LogP contribution is 2.31. The number of hydrogen-bond donors (Lipinski definition) is 1. The Labute approximate surface area is 142 Å². The van der Waals surface area contributed by atoms with E-state index in [1.54, 1.807) is 0 Å². The summed E-state index contributed by atoms with van der Waals surface area (Å²) < 4.78 is 1.21. The molecule has 1 aromatic heterocycles. The molecule has 21 heavy (non-hydrogen) atoms. The molecule has 0 amide bonds. The summed E-state index contributed by atoms with van der Waals surface area (Å²) in [7, 11) is 0. The molecule has 2 rings (SSSR count). The fraction of sp³-hybridized carbons (Fsp3) is 0.765. The summed E-state index contributed by atoms with van der Waals surface area (Å²) in [6, 6.07) is 0. The Morgan fingerprint density at radius 1 is 1.05 bits per heavy atom. The van der Waals surface area contributed by atoms with Crippen molar-refractivity contribution in [3.05, 3.63) is 15.1 Å². The third kappa shape index (κ3) is 4.80. The lowest BCUT2D eigenvalue weighted by atomic mass is 9.90. The average molecular weight is 401 g/mol. The largest absolute Gasteiger partial charge is 0.369 e. The van der Waals surface area contributed by atoms with E-state index in [1.807, 2.05) is 0 Å². The molecule has 0 spiro atoms. The molecule has 0 saturated heterocycles. The van der Waals surface area contributed by atoms with E-state index in [-0.39, 0.29) is 0 Å². The van der Waals surface area contributed by atoms with Crippen LogP contribution >= 0.6 is 22.6 Å². The van der Waals surface area contributed by atoms with Crippen LogP contribution in [0.25, 0.3) is 0 Å². The third-order valence-corrected chi connectivity index (χ3v) is 5.42. The van der Waals surface area contributed by atoms with Crippen LogP contribution in [0.4, 0.5) is 5.82 Å². The fourth-order valence-corrected chi connectivity index (χ4v) is 3.82. The highest BCUT2D eigenvalue weighted by Gasteiger charge is 2.19. The van der Waals surface area contributed by atoms with E-state index in [9.17, 15) is 0 Å². The minimum atomic E-state index is 0.565. The number of aromatic nitrogens is 2. The van der Waals surface area contributed by atoms with E-state index < -0.39 is 0 Å². The van der Waals surface area contributed by atoms with Crippen molar-refractivity contribution in [3.8, 4) is 0 Å². The average Bonchev–Trinajstić information content (AvgIpc) is 2.46. The van der Waals surface area contributed by atoms with Crippen LogP contribution in [0.15, 0.2) is 0 Å². The first-order valence-corrected chi connectivity index (χ1v) is 9.64. The van der Waals surface area contributed by atoms with Crippen LogP contribution in [0.1, 0.15) is 82.7 Å². The van der Waals surface area contributed by atoms with Crippen molar-refractivity contribution < 1.29 is 0 Å². The highest BCUT2D eigenvalue weighted by molar-refractivity contribution is 14.1. The molecule has 1 aliphatic carbocycles. The Kier molecular flexibility index (Phi) is 7.20. The van der Waals surface area contributed by atoms with Gasteiger partial charge in [-0.1, -0.05) is 46.0 Å². The zero-order valence-electron chi connectivity index (χ0n) is 13.4. The lowest BCUT2D eigenvalue weighted by Crippen LogP contribution is -2.14. The monoisotopic (exact) mass is 401 g/mol. The number of hydrogen-bond acceptors (Lipinski definition) is 3. The SMILES string of the molecule is CCCNc1nc(C2CCCCCCC2)nc(CC)c1I. The van der Waals surface area contributed by atoms with Crippen LogP contribution in [0.3, 0.4) is 0 Å². The third-order valence-electron chi connectivity index (χ3n) is 4.28. The maximum absolute atomic E-state index is 4.90. The Morgan fingerprint density at radius 2 is 1.71 bits per heavy atom. The Morgan fingerprint density at radius 3 is 2.33 bits per heavy atom. The van der Waals surface area contributed by atoms with Gasteiger partial charge in [0, 0.05) is 12.5 Å². The lowest BCUT2D eigenvalue weighted by molar-refractivity contribution is 0.441. The molecule has 4 heteroatoms. The van der Waals surface area contributed by atoms with Crippen molar-refractivity contribution in [2.24, 2.45) is 0 Å². The highest BCUT2D eigenvalue weighted by atomic mass is 127. The van der Waals surface area contributed by atoms with Crippen molar-refractivity contribution in [3.63, 3.8) is 0 Å². The molecule has 0 atom stereocenters. The first-order valence-electron chi connectivity index (χ1n) is 8.56. The van der Waals surface area contributed by atoms with Gasteiger partial charge in [0.15, 0.2) is 0 Å². The predicted octanol–water partition coefficient (Wildman–Crippen LogP) is 5.29. The predicted molar refractivity (Wildman–Crippen MR) is 98.0 cm³/mol. The molecule has 0 aromatic carbocycles. The molecule has 1 saturated carbocycles. The van der Waals surface area contributed by atoms with Gasteiger partial charge in [0.1, 0.15) is 11.6 Å². The Bertz CT molecular complexity index is 440. The molecular formula is C17H28IN3. The summed E-state index contributed by atoms with van der Waals surface area (Å²) in [4.78, 5) is 9.78. The van der Waals surface area contributed by atoms with Gasteiger partial charge in [-0.15, -0.1) is 0 Å². The molecular weight excluding hydrogens is 373 g/mol. The second kappa shape index (κ2) is 8.91. The summed E-state index contributed by atoms with van der Waals surface area (Å²) in [5.41, 5.74) is 1.21. The van der Waals surface area contributed by atoms with E-state index >= 15 is 0 Å². The van der Waals surface area contributed by atoms with Gasteiger partial charge in [-0.2, -0.15) is 0 Å². The maximum atomic E-state index is 4.90. The standard InChI is InChI=1S/C17H28IN3/c1-3-12-19-17-15(18)14(4-2)20-16(21-17)13-10-8-6-5-7-9-11-13/h13H,3-12H2,1-2H3,(H,19,20,21). The molecule has 1 aromatic rings. The number of aryl methyl sites for hydroxylation is 1. The molecule has 118 valence electrons. The zero-order valence-corrected chi connectivity index (χ0v) is 15.6. The van der Waals surface area contributed by atoms with Gasteiger partial charge in [0.25, 0.3) is 0 Å². The minimum absolute atomic E-state index is 0.565. The molecule has 1 heterocycles. The van der Waals surface area contributed by atoms with E-state index in [2.05, 4.69) is 41.8 Å². The Balaban J connectivity index is 2.23.